The number of aryl methyl sites for hydroxylation is 1. The average molecular weight is 300 g/mol. The van der Waals surface area contributed by atoms with Crippen LogP contribution in [0, 0.1) is 18.3 Å². The first-order valence-electron chi connectivity index (χ1n) is 6.53. The summed E-state index contributed by atoms with van der Waals surface area (Å²) < 4.78 is 0. The Morgan fingerprint density at radius 3 is 2.95 bits per heavy atom. The van der Waals surface area contributed by atoms with Crippen LogP contribution in [0.1, 0.15) is 26.5 Å². The molecule has 5 nitrogen and oxygen atoms in total. The number of hydrogen-bond donors (Lipinski definition) is 1. The van der Waals surface area contributed by atoms with Crippen molar-refractivity contribution in [3.63, 3.8) is 0 Å². The van der Waals surface area contributed by atoms with Crippen molar-refractivity contribution in [3.05, 3.63) is 45.9 Å². The first kappa shape index (κ1) is 15.0. The van der Waals surface area contributed by atoms with E-state index < -0.39 is 0 Å². The molecule has 0 fully saturated rings. The minimum atomic E-state index is -0.0982. The Kier molecular flexibility index (Phi) is 4.90. The lowest BCUT2D eigenvalue weighted by molar-refractivity contribution is 0.0751. The average Bonchev–Trinajstić information content (AvgIpc) is 2.83. The number of nitrogens with two attached hydrogens (primary N) is 1. The highest BCUT2D eigenvalue weighted by Gasteiger charge is 2.18. The van der Waals surface area contributed by atoms with E-state index in [-0.39, 0.29) is 5.91 Å². The molecular formula is C15H16N4OS. The molecule has 2 rings (SSSR count). The van der Waals surface area contributed by atoms with E-state index in [0.717, 1.165) is 10.4 Å². The minimum absolute atomic E-state index is 0.0982. The Balaban J connectivity index is 2.19. The van der Waals surface area contributed by atoms with Gasteiger partial charge in [0.05, 0.1) is 17.4 Å². The second-order valence-corrected chi connectivity index (χ2v) is 5.87. The van der Waals surface area contributed by atoms with Gasteiger partial charge in [-0.2, -0.15) is 5.26 Å². The topological polar surface area (TPSA) is 83.0 Å². The molecule has 0 unspecified atom stereocenters. The van der Waals surface area contributed by atoms with Crippen molar-refractivity contribution < 1.29 is 4.79 Å². The lowest BCUT2D eigenvalue weighted by atomic mass is 10.2. The van der Waals surface area contributed by atoms with Gasteiger partial charge in [-0.3, -0.25) is 9.78 Å². The van der Waals surface area contributed by atoms with E-state index in [2.05, 4.69) is 11.1 Å². The second kappa shape index (κ2) is 6.86. The second-order valence-electron chi connectivity index (χ2n) is 4.62. The van der Waals surface area contributed by atoms with E-state index in [9.17, 15) is 4.79 Å². The Morgan fingerprint density at radius 2 is 2.38 bits per heavy atom. The van der Waals surface area contributed by atoms with Crippen LogP contribution >= 0.6 is 11.3 Å². The smallest absolute Gasteiger partial charge is 0.264 e. The third-order valence-electron chi connectivity index (χ3n) is 3.04. The van der Waals surface area contributed by atoms with Crippen molar-refractivity contribution in [1.29, 1.82) is 5.26 Å². The van der Waals surface area contributed by atoms with Crippen LogP contribution in [0.4, 0.5) is 5.69 Å². The van der Waals surface area contributed by atoms with Gasteiger partial charge in [0.15, 0.2) is 0 Å². The van der Waals surface area contributed by atoms with Crippen LogP contribution < -0.4 is 5.73 Å². The third-order valence-corrected chi connectivity index (χ3v) is 4.10. The molecule has 0 saturated carbocycles. The predicted molar refractivity (Wildman–Crippen MR) is 82.7 cm³/mol. The number of rotatable bonds is 5. The molecule has 0 aromatic carbocycles. The van der Waals surface area contributed by atoms with Gasteiger partial charge in [0.1, 0.15) is 0 Å². The van der Waals surface area contributed by atoms with E-state index in [0.29, 0.717) is 30.1 Å². The molecule has 6 heteroatoms. The van der Waals surface area contributed by atoms with Gasteiger partial charge in [-0.1, -0.05) is 6.07 Å². The number of anilines is 1. The van der Waals surface area contributed by atoms with E-state index in [1.165, 1.54) is 11.3 Å². The Labute approximate surface area is 127 Å². The quantitative estimate of drug-likeness (QED) is 0.920. The summed E-state index contributed by atoms with van der Waals surface area (Å²) in [7, 11) is 0. The molecule has 0 aliphatic carbocycles. The lowest BCUT2D eigenvalue weighted by Crippen LogP contribution is -2.30. The molecule has 2 aromatic heterocycles. The maximum Gasteiger partial charge on any atom is 0.264 e. The SMILES string of the molecule is Cc1sc(C(=O)N(CCC#N)Cc2cccnc2)cc1N. The van der Waals surface area contributed by atoms with Crippen LogP contribution in [0.25, 0.3) is 0 Å². The van der Waals surface area contributed by atoms with Gasteiger partial charge in [-0.25, -0.2) is 0 Å². The van der Waals surface area contributed by atoms with Crippen molar-refractivity contribution in [2.45, 2.75) is 19.9 Å². The fourth-order valence-corrected chi connectivity index (χ4v) is 2.82. The zero-order chi connectivity index (χ0) is 15.2. The molecule has 0 radical (unpaired) electrons. The monoisotopic (exact) mass is 300 g/mol. The maximum atomic E-state index is 12.6. The highest BCUT2D eigenvalue weighted by molar-refractivity contribution is 7.14. The van der Waals surface area contributed by atoms with Crippen LogP contribution in [0.3, 0.4) is 0 Å². The molecule has 0 saturated heterocycles. The molecule has 0 aliphatic rings. The number of nitriles is 1. The normalized spacial score (nSPS) is 10.1. The molecule has 2 N–H and O–H groups in total. The summed E-state index contributed by atoms with van der Waals surface area (Å²) in [6.45, 7) is 2.71. The fourth-order valence-electron chi connectivity index (χ4n) is 1.91. The summed E-state index contributed by atoms with van der Waals surface area (Å²) in [6.07, 6.45) is 3.71. The standard InChI is InChI=1S/C15H16N4OS/c1-11-13(17)8-14(21-11)15(20)19(7-3-5-16)10-12-4-2-6-18-9-12/h2,4,6,8-9H,3,7,10,17H2,1H3. The van der Waals surface area contributed by atoms with Crippen LogP contribution in [-0.4, -0.2) is 22.3 Å². The summed E-state index contributed by atoms with van der Waals surface area (Å²) >= 11 is 1.38. The number of carbonyl (C=O) groups excluding carboxylic acids is 1. The first-order valence-corrected chi connectivity index (χ1v) is 7.34. The summed E-state index contributed by atoms with van der Waals surface area (Å²) in [4.78, 5) is 19.8. The van der Waals surface area contributed by atoms with Gasteiger partial charge in [0.2, 0.25) is 0 Å². The molecule has 0 spiro atoms. The largest absolute Gasteiger partial charge is 0.398 e. The minimum Gasteiger partial charge on any atom is -0.398 e. The highest BCUT2D eigenvalue weighted by Crippen LogP contribution is 2.25. The van der Waals surface area contributed by atoms with Crippen LogP contribution in [0.15, 0.2) is 30.6 Å². The molecule has 21 heavy (non-hydrogen) atoms. The molecule has 2 heterocycles. The molecule has 0 bridgehead atoms. The summed E-state index contributed by atoms with van der Waals surface area (Å²) in [5.41, 5.74) is 7.37. The maximum absolute atomic E-state index is 12.6. The van der Waals surface area contributed by atoms with Gasteiger partial charge in [-0.15, -0.1) is 11.3 Å². The summed E-state index contributed by atoms with van der Waals surface area (Å²) in [5.74, 6) is -0.0982. The lowest BCUT2D eigenvalue weighted by Gasteiger charge is -2.20. The van der Waals surface area contributed by atoms with Crippen LogP contribution in [0.5, 0.6) is 0 Å². The molecular weight excluding hydrogens is 284 g/mol. The van der Waals surface area contributed by atoms with Crippen LogP contribution in [0.2, 0.25) is 0 Å². The number of aromatic nitrogens is 1. The summed E-state index contributed by atoms with van der Waals surface area (Å²) in [6, 6.07) is 7.51. The molecule has 2 aromatic rings. The van der Waals surface area contributed by atoms with Crippen molar-refractivity contribution in [3.8, 4) is 6.07 Å². The van der Waals surface area contributed by atoms with E-state index in [4.69, 9.17) is 11.0 Å². The molecule has 108 valence electrons. The number of carbonyl (C=O) groups is 1. The molecule has 0 atom stereocenters. The van der Waals surface area contributed by atoms with Gasteiger partial charge >= 0.3 is 0 Å². The molecule has 1 amide bonds. The third kappa shape index (κ3) is 3.80. The predicted octanol–water partition coefficient (Wildman–Crippen LogP) is 2.59. The Hall–Kier alpha value is -2.39. The number of pyridine rings is 1. The Bertz CT molecular complexity index is 641. The first-order chi connectivity index (χ1) is 10.1. The van der Waals surface area contributed by atoms with Crippen molar-refractivity contribution >= 4 is 22.9 Å². The van der Waals surface area contributed by atoms with Gasteiger partial charge in [0, 0.05) is 36.0 Å². The van der Waals surface area contributed by atoms with E-state index >= 15 is 0 Å². The van der Waals surface area contributed by atoms with E-state index in [1.807, 2.05) is 19.1 Å². The fraction of sp³-hybridized carbons (Fsp3) is 0.267. The van der Waals surface area contributed by atoms with Crippen LogP contribution in [-0.2, 0) is 6.54 Å². The Morgan fingerprint density at radius 1 is 1.57 bits per heavy atom. The number of amides is 1. The zero-order valence-corrected chi connectivity index (χ0v) is 12.6. The van der Waals surface area contributed by atoms with Gasteiger partial charge < -0.3 is 10.6 Å². The van der Waals surface area contributed by atoms with E-state index in [1.54, 1.807) is 23.4 Å². The zero-order valence-electron chi connectivity index (χ0n) is 11.7. The number of thiophene rings is 1. The number of hydrogen-bond acceptors (Lipinski definition) is 5. The van der Waals surface area contributed by atoms with Crippen molar-refractivity contribution in [2.24, 2.45) is 0 Å². The number of nitrogen functional groups attached to an aromatic ring is 1. The van der Waals surface area contributed by atoms with Crippen molar-refractivity contribution in [2.75, 3.05) is 12.3 Å². The van der Waals surface area contributed by atoms with Gasteiger partial charge in [-0.05, 0) is 24.6 Å². The number of nitrogens with zero attached hydrogens (tertiary/aromatic N) is 3. The molecule has 0 aliphatic heterocycles. The summed E-state index contributed by atoms with van der Waals surface area (Å²) in [5, 5.41) is 8.76. The van der Waals surface area contributed by atoms with Crippen molar-refractivity contribution in [1.82, 2.24) is 9.88 Å². The van der Waals surface area contributed by atoms with Gasteiger partial charge in [0.25, 0.3) is 5.91 Å². The highest BCUT2D eigenvalue weighted by atomic mass is 32.1.